The van der Waals surface area contributed by atoms with Crippen LogP contribution in [0.5, 0.6) is 0 Å². The number of rotatable bonds is 5. The predicted molar refractivity (Wildman–Crippen MR) is 61.1 cm³/mol. The molecule has 0 bridgehead atoms. The Balaban J connectivity index is 1.97. The Labute approximate surface area is 92.6 Å². The van der Waals surface area contributed by atoms with E-state index in [0.717, 1.165) is 17.1 Å². The van der Waals surface area contributed by atoms with Gasteiger partial charge in [-0.25, -0.2) is 4.98 Å². The van der Waals surface area contributed by atoms with Gasteiger partial charge in [-0.2, -0.15) is 0 Å². The third-order valence-corrected chi connectivity index (χ3v) is 3.20. The van der Waals surface area contributed by atoms with Crippen LogP contribution in [0.4, 0.5) is 0 Å². The summed E-state index contributed by atoms with van der Waals surface area (Å²) in [6.07, 6.45) is 4.95. The molecule has 0 aliphatic carbocycles. The molecule has 0 aromatic carbocycles. The minimum atomic E-state index is 0.171. The maximum atomic E-state index is 9.02. The fourth-order valence-electron chi connectivity index (χ4n) is 1.45. The Bertz CT molecular complexity index is 390. The van der Waals surface area contributed by atoms with Gasteiger partial charge < -0.3 is 10.4 Å². The monoisotopic (exact) mass is 225 g/mol. The SMILES string of the molecule is CCC(CO)NCc1cn2ccsc2n1. The van der Waals surface area contributed by atoms with Gasteiger partial charge in [0.2, 0.25) is 0 Å². The smallest absolute Gasteiger partial charge is 0.193 e. The Morgan fingerprint density at radius 3 is 3.20 bits per heavy atom. The number of imidazole rings is 1. The van der Waals surface area contributed by atoms with E-state index in [1.165, 1.54) is 0 Å². The highest BCUT2D eigenvalue weighted by Crippen LogP contribution is 2.11. The lowest BCUT2D eigenvalue weighted by Crippen LogP contribution is -2.31. The molecule has 82 valence electrons. The van der Waals surface area contributed by atoms with Crippen molar-refractivity contribution in [2.45, 2.75) is 25.9 Å². The molecule has 0 saturated heterocycles. The molecule has 2 aromatic rings. The van der Waals surface area contributed by atoms with Crippen molar-refractivity contribution in [2.24, 2.45) is 0 Å². The van der Waals surface area contributed by atoms with Crippen LogP contribution in [0.15, 0.2) is 17.8 Å². The molecule has 4 nitrogen and oxygen atoms in total. The number of hydrogen-bond acceptors (Lipinski definition) is 4. The highest BCUT2D eigenvalue weighted by molar-refractivity contribution is 7.15. The van der Waals surface area contributed by atoms with Crippen LogP contribution in [0.2, 0.25) is 0 Å². The molecule has 0 radical (unpaired) electrons. The van der Waals surface area contributed by atoms with Crippen molar-refractivity contribution in [1.29, 1.82) is 0 Å². The molecule has 5 heteroatoms. The second-order valence-corrected chi connectivity index (χ2v) is 4.37. The van der Waals surface area contributed by atoms with Crippen molar-refractivity contribution in [3.8, 4) is 0 Å². The molecule has 0 fully saturated rings. The number of nitrogens with one attached hydrogen (secondary N) is 1. The van der Waals surface area contributed by atoms with Crippen LogP contribution >= 0.6 is 11.3 Å². The van der Waals surface area contributed by atoms with Crippen molar-refractivity contribution >= 4 is 16.3 Å². The van der Waals surface area contributed by atoms with E-state index in [1.807, 2.05) is 22.2 Å². The lowest BCUT2D eigenvalue weighted by atomic mass is 10.2. The summed E-state index contributed by atoms with van der Waals surface area (Å²) in [5, 5.41) is 14.3. The van der Waals surface area contributed by atoms with E-state index in [9.17, 15) is 0 Å². The zero-order valence-electron chi connectivity index (χ0n) is 8.68. The Morgan fingerprint density at radius 2 is 2.53 bits per heavy atom. The van der Waals surface area contributed by atoms with Crippen molar-refractivity contribution in [3.05, 3.63) is 23.5 Å². The van der Waals surface area contributed by atoms with E-state index in [-0.39, 0.29) is 12.6 Å². The predicted octanol–water partition coefficient (Wildman–Crippen LogP) is 1.26. The highest BCUT2D eigenvalue weighted by atomic mass is 32.1. The summed E-state index contributed by atoms with van der Waals surface area (Å²) >= 11 is 1.63. The molecule has 0 amide bonds. The van der Waals surface area contributed by atoms with Gasteiger partial charge in [0.15, 0.2) is 4.96 Å². The number of thiazole rings is 1. The third-order valence-electron chi connectivity index (χ3n) is 2.43. The molecule has 2 N–H and O–H groups in total. The van der Waals surface area contributed by atoms with Crippen LogP contribution < -0.4 is 5.32 Å². The first-order valence-corrected chi connectivity index (χ1v) is 5.96. The topological polar surface area (TPSA) is 49.6 Å². The number of hydrogen-bond donors (Lipinski definition) is 2. The number of fused-ring (bicyclic) bond motifs is 1. The highest BCUT2D eigenvalue weighted by Gasteiger charge is 2.06. The molecular formula is C10H15N3OS. The van der Waals surface area contributed by atoms with Crippen LogP contribution in [0.3, 0.4) is 0 Å². The minimum Gasteiger partial charge on any atom is -0.395 e. The normalized spacial score (nSPS) is 13.5. The summed E-state index contributed by atoms with van der Waals surface area (Å²) in [7, 11) is 0. The van der Waals surface area contributed by atoms with Gasteiger partial charge in [0.25, 0.3) is 0 Å². The van der Waals surface area contributed by atoms with E-state index < -0.39 is 0 Å². The van der Waals surface area contributed by atoms with Crippen molar-refractivity contribution in [1.82, 2.24) is 14.7 Å². The minimum absolute atomic E-state index is 0.171. The molecule has 15 heavy (non-hydrogen) atoms. The Hall–Kier alpha value is -0.910. The first-order valence-electron chi connectivity index (χ1n) is 5.08. The molecule has 2 rings (SSSR count). The van der Waals surface area contributed by atoms with Gasteiger partial charge >= 0.3 is 0 Å². The molecule has 1 atom stereocenters. The average Bonchev–Trinajstić information content (AvgIpc) is 2.79. The molecule has 2 heterocycles. The van der Waals surface area contributed by atoms with Gasteiger partial charge in [-0.05, 0) is 6.42 Å². The first-order chi connectivity index (χ1) is 7.33. The van der Waals surface area contributed by atoms with Gasteiger partial charge in [0.05, 0.1) is 12.3 Å². The molecule has 0 spiro atoms. The van der Waals surface area contributed by atoms with E-state index >= 15 is 0 Å². The summed E-state index contributed by atoms with van der Waals surface area (Å²) in [6, 6.07) is 0.171. The summed E-state index contributed by atoms with van der Waals surface area (Å²) in [5.74, 6) is 0. The lowest BCUT2D eigenvalue weighted by molar-refractivity contribution is 0.238. The molecule has 1 unspecified atom stereocenters. The van der Waals surface area contributed by atoms with Crippen LogP contribution in [0.1, 0.15) is 19.0 Å². The summed E-state index contributed by atoms with van der Waals surface area (Å²) in [4.78, 5) is 5.47. The maximum Gasteiger partial charge on any atom is 0.193 e. The lowest BCUT2D eigenvalue weighted by Gasteiger charge is -2.12. The standard InChI is InChI=1S/C10H15N3OS/c1-2-8(7-14)11-5-9-6-13-3-4-15-10(13)12-9/h3-4,6,8,11,14H,2,5,7H2,1H3. The molecular weight excluding hydrogens is 210 g/mol. The number of aliphatic hydroxyl groups excluding tert-OH is 1. The van der Waals surface area contributed by atoms with Crippen LogP contribution in [0, 0.1) is 0 Å². The van der Waals surface area contributed by atoms with Crippen molar-refractivity contribution in [3.63, 3.8) is 0 Å². The number of nitrogens with zero attached hydrogens (tertiary/aromatic N) is 2. The van der Waals surface area contributed by atoms with Crippen molar-refractivity contribution in [2.75, 3.05) is 6.61 Å². The number of aliphatic hydroxyl groups is 1. The average molecular weight is 225 g/mol. The largest absolute Gasteiger partial charge is 0.395 e. The third kappa shape index (κ3) is 2.37. The van der Waals surface area contributed by atoms with Crippen molar-refractivity contribution < 1.29 is 5.11 Å². The Kier molecular flexibility index (Phi) is 3.35. The molecule has 0 aliphatic rings. The van der Waals surface area contributed by atoms with Gasteiger partial charge in [0, 0.05) is 30.4 Å². The van der Waals surface area contributed by atoms with E-state index in [0.29, 0.717) is 6.54 Å². The zero-order valence-corrected chi connectivity index (χ0v) is 9.50. The van der Waals surface area contributed by atoms with Crippen LogP contribution in [-0.4, -0.2) is 27.1 Å². The maximum absolute atomic E-state index is 9.02. The van der Waals surface area contributed by atoms with Crippen LogP contribution in [-0.2, 0) is 6.54 Å². The van der Waals surface area contributed by atoms with Gasteiger partial charge in [0.1, 0.15) is 0 Å². The van der Waals surface area contributed by atoms with E-state index in [4.69, 9.17) is 5.11 Å². The molecule has 2 aromatic heterocycles. The first kappa shape index (κ1) is 10.6. The van der Waals surface area contributed by atoms with Gasteiger partial charge in [-0.3, -0.25) is 4.40 Å². The summed E-state index contributed by atoms with van der Waals surface area (Å²) in [5.41, 5.74) is 1.02. The second kappa shape index (κ2) is 4.74. The molecule has 0 aliphatic heterocycles. The quantitative estimate of drug-likeness (QED) is 0.805. The van der Waals surface area contributed by atoms with E-state index in [2.05, 4.69) is 17.2 Å². The fraction of sp³-hybridized carbons (Fsp3) is 0.500. The molecule has 0 saturated carbocycles. The summed E-state index contributed by atoms with van der Waals surface area (Å²) < 4.78 is 2.02. The fourth-order valence-corrected chi connectivity index (χ4v) is 2.17. The number of aromatic nitrogens is 2. The summed E-state index contributed by atoms with van der Waals surface area (Å²) in [6.45, 7) is 2.95. The van der Waals surface area contributed by atoms with Gasteiger partial charge in [-0.1, -0.05) is 6.92 Å². The zero-order chi connectivity index (χ0) is 10.7. The van der Waals surface area contributed by atoms with Crippen LogP contribution in [0.25, 0.3) is 4.96 Å². The second-order valence-electron chi connectivity index (χ2n) is 3.49. The van der Waals surface area contributed by atoms with E-state index in [1.54, 1.807) is 11.3 Å². The van der Waals surface area contributed by atoms with Gasteiger partial charge in [-0.15, -0.1) is 11.3 Å². The Morgan fingerprint density at radius 1 is 1.67 bits per heavy atom.